The molecule has 10 aromatic rings. The topological polar surface area (TPSA) is 124 Å². The zero-order valence-electron chi connectivity index (χ0n) is 30.7. The lowest BCUT2D eigenvalue weighted by Crippen LogP contribution is -2.35. The van der Waals surface area contributed by atoms with E-state index >= 15 is 0 Å². The lowest BCUT2D eigenvalue weighted by atomic mass is 10.0. The van der Waals surface area contributed by atoms with Gasteiger partial charge >= 0.3 is 0 Å². The molecule has 0 atom stereocenters. The highest BCUT2D eigenvalue weighted by atomic mass is 32.3. The molecule has 0 unspecified atom stereocenters. The van der Waals surface area contributed by atoms with E-state index in [2.05, 4.69) is 48.5 Å². The van der Waals surface area contributed by atoms with Crippen LogP contribution in [0.15, 0.2) is 176 Å². The van der Waals surface area contributed by atoms with Crippen molar-refractivity contribution in [3.63, 3.8) is 0 Å². The van der Waals surface area contributed by atoms with Gasteiger partial charge in [0.1, 0.15) is 0 Å². The maximum Gasteiger partial charge on any atom is 0.165 e. The standard InChI is InChI=1S/C48H26N8O2S/c57-59(58)55-45-37-21-29-13-5-6-14-30(29)22-38(37)47(55)53-43-35-19-27-11-3-4-12-28(27)20-36(35)44(50-43)54-48-40-24-32-16-8-7-15-31(32)23-39(40)46(56(48)59)52-42-34-18-26-10-2-1-9-25(26)17-33(34)41(49-42)51-45/h1-24,57-58H. The number of benzene rings is 8. The van der Waals surface area contributed by atoms with Crippen molar-refractivity contribution in [2.45, 2.75) is 0 Å². The van der Waals surface area contributed by atoms with Gasteiger partial charge in [0, 0.05) is 43.8 Å². The quantitative estimate of drug-likeness (QED) is 0.159. The molecule has 4 aliphatic rings. The molecule has 0 saturated heterocycles. The van der Waals surface area contributed by atoms with Gasteiger partial charge < -0.3 is 0 Å². The van der Waals surface area contributed by atoms with Gasteiger partial charge in [-0.15, -0.1) is 0 Å². The first kappa shape index (κ1) is 31.5. The second-order valence-electron chi connectivity index (χ2n) is 15.3. The van der Waals surface area contributed by atoms with Crippen LogP contribution < -0.4 is 11.0 Å². The number of nitrogens with zero attached hydrogens (tertiary/aromatic N) is 8. The Morgan fingerprint density at radius 3 is 0.949 bits per heavy atom. The molecule has 276 valence electrons. The lowest BCUT2D eigenvalue weighted by molar-refractivity contribution is 0.461. The predicted molar refractivity (Wildman–Crippen MR) is 238 cm³/mol. The third kappa shape index (κ3) is 4.17. The lowest BCUT2D eigenvalue weighted by Gasteiger charge is -2.35. The Morgan fingerprint density at radius 2 is 0.610 bits per heavy atom. The molecule has 59 heavy (non-hydrogen) atoms. The summed E-state index contributed by atoms with van der Waals surface area (Å²) in [4.78, 5) is 31.6. The Labute approximate surface area is 335 Å². The minimum Gasteiger partial charge on any atom is -0.264 e. The number of aromatic nitrogens is 2. The summed E-state index contributed by atoms with van der Waals surface area (Å²) in [5.74, 6) is 2.25. The minimum atomic E-state index is -4.17. The van der Waals surface area contributed by atoms with E-state index in [1.54, 1.807) is 0 Å². The van der Waals surface area contributed by atoms with E-state index in [0.29, 0.717) is 67.5 Å². The summed E-state index contributed by atoms with van der Waals surface area (Å²) in [6.07, 6.45) is 0. The van der Waals surface area contributed by atoms with Crippen molar-refractivity contribution in [3.8, 4) is 0 Å². The van der Waals surface area contributed by atoms with Crippen LogP contribution in [0, 0.1) is 0 Å². The van der Waals surface area contributed by atoms with Crippen LogP contribution >= 0.6 is 11.0 Å². The van der Waals surface area contributed by atoms with Crippen molar-refractivity contribution in [1.82, 2.24) is 7.94 Å². The molecule has 6 heterocycles. The summed E-state index contributed by atoms with van der Waals surface area (Å²) < 4.78 is 29.7. The summed E-state index contributed by atoms with van der Waals surface area (Å²) in [5, 5.41) is 10.7. The Balaban J connectivity index is 1.25. The van der Waals surface area contributed by atoms with E-state index in [0.717, 1.165) is 65.3 Å². The van der Waals surface area contributed by atoms with Gasteiger partial charge in [-0.25, -0.2) is 30.0 Å². The van der Waals surface area contributed by atoms with Crippen LogP contribution in [0.25, 0.3) is 64.6 Å². The SMILES string of the molecule is OS1(O)n2c3c4cc5ccccc5cc4c2N=C2N=C(N=c4c5cc6ccccc6cc5c(n41)=NC1=NC(=N3)c3cc4ccccc4cc31)c1cc3ccccc3cc12. The molecule has 0 amide bonds. The van der Waals surface area contributed by atoms with E-state index in [1.165, 1.54) is 7.94 Å². The molecule has 2 aromatic heterocycles. The number of amidine groups is 4. The van der Waals surface area contributed by atoms with Crippen molar-refractivity contribution >= 4 is 111 Å². The summed E-state index contributed by atoms with van der Waals surface area (Å²) in [7, 11) is -4.17. The Kier molecular flexibility index (Phi) is 5.81. The van der Waals surface area contributed by atoms with E-state index in [9.17, 15) is 9.11 Å². The molecule has 8 aromatic carbocycles. The smallest absolute Gasteiger partial charge is 0.165 e. The fraction of sp³-hybridized carbons (Fsp3) is 0. The molecule has 14 rings (SSSR count). The van der Waals surface area contributed by atoms with Crippen molar-refractivity contribution in [1.29, 1.82) is 0 Å². The van der Waals surface area contributed by atoms with Crippen LogP contribution in [0.2, 0.25) is 0 Å². The van der Waals surface area contributed by atoms with Crippen LogP contribution in [0.4, 0.5) is 11.6 Å². The van der Waals surface area contributed by atoms with Crippen LogP contribution in [0.5, 0.6) is 0 Å². The van der Waals surface area contributed by atoms with E-state index in [1.807, 2.05) is 97.1 Å². The first-order chi connectivity index (χ1) is 28.9. The molecule has 0 saturated carbocycles. The van der Waals surface area contributed by atoms with Crippen molar-refractivity contribution in [2.75, 3.05) is 0 Å². The molecule has 0 spiro atoms. The average Bonchev–Trinajstić information content (AvgIpc) is 3.95. The fourth-order valence-corrected chi connectivity index (χ4v) is 10.9. The number of hydrogen-bond donors (Lipinski definition) is 2. The molecule has 6 bridgehead atoms. The second kappa shape index (κ2) is 10.9. The van der Waals surface area contributed by atoms with Crippen LogP contribution in [0.3, 0.4) is 0 Å². The Bertz CT molecular complexity index is 3700. The molecule has 0 fully saturated rings. The van der Waals surface area contributed by atoms with Crippen molar-refractivity contribution in [3.05, 3.63) is 179 Å². The van der Waals surface area contributed by atoms with Gasteiger partial charge in [0.15, 0.2) is 46.0 Å². The molecule has 2 N–H and O–H groups in total. The van der Waals surface area contributed by atoms with Gasteiger partial charge in [0.05, 0.1) is 0 Å². The maximum absolute atomic E-state index is 13.4. The first-order valence-corrected chi connectivity index (χ1v) is 20.7. The third-order valence-electron chi connectivity index (χ3n) is 12.0. The third-order valence-corrected chi connectivity index (χ3v) is 13.7. The van der Waals surface area contributed by atoms with Crippen LogP contribution in [-0.4, -0.2) is 40.4 Å². The maximum atomic E-state index is 13.4. The summed E-state index contributed by atoms with van der Waals surface area (Å²) in [5.41, 5.74) is 3.77. The first-order valence-electron chi connectivity index (χ1n) is 19.2. The van der Waals surface area contributed by atoms with Gasteiger partial charge in [0.25, 0.3) is 0 Å². The highest BCUT2D eigenvalue weighted by Gasteiger charge is 2.36. The number of aliphatic imine (C=N–C) groups is 4. The highest BCUT2D eigenvalue weighted by molar-refractivity contribution is 8.21. The Morgan fingerprint density at radius 1 is 0.322 bits per heavy atom. The molecule has 4 aliphatic heterocycles. The zero-order valence-corrected chi connectivity index (χ0v) is 31.6. The van der Waals surface area contributed by atoms with E-state index in [4.69, 9.17) is 30.0 Å². The summed E-state index contributed by atoms with van der Waals surface area (Å²) >= 11 is 0. The Hall–Kier alpha value is -7.57. The monoisotopic (exact) mass is 778 g/mol. The minimum absolute atomic E-state index is 0.299. The van der Waals surface area contributed by atoms with Gasteiger partial charge in [0.2, 0.25) is 0 Å². The molecule has 0 radical (unpaired) electrons. The van der Waals surface area contributed by atoms with Crippen molar-refractivity contribution < 1.29 is 9.11 Å². The molecular formula is C48H26N8O2S. The van der Waals surface area contributed by atoms with Crippen LogP contribution in [-0.2, 0) is 0 Å². The van der Waals surface area contributed by atoms with Gasteiger partial charge in [-0.05, 0) is 103 Å². The molecule has 11 heteroatoms. The second-order valence-corrected chi connectivity index (χ2v) is 17.0. The number of fused-ring (bicyclic) bond motifs is 18. The molecule has 10 nitrogen and oxygen atoms in total. The molecular weight excluding hydrogens is 753 g/mol. The van der Waals surface area contributed by atoms with Gasteiger partial charge in [-0.2, -0.15) is 7.94 Å². The summed E-state index contributed by atoms with van der Waals surface area (Å²) in [6.45, 7) is 0. The normalized spacial score (nSPS) is 16.3. The molecule has 0 aliphatic carbocycles. The number of hydrogen-bond acceptors (Lipinski definition) is 8. The summed E-state index contributed by atoms with van der Waals surface area (Å²) in [6, 6.07) is 49.0. The van der Waals surface area contributed by atoms with Gasteiger partial charge in [-0.1, -0.05) is 97.1 Å². The average molecular weight is 779 g/mol. The highest BCUT2D eigenvalue weighted by Crippen LogP contribution is 2.54. The zero-order chi connectivity index (χ0) is 38.7. The van der Waals surface area contributed by atoms with Crippen LogP contribution in [0.1, 0.15) is 22.3 Å². The van der Waals surface area contributed by atoms with E-state index in [-0.39, 0.29) is 0 Å². The van der Waals surface area contributed by atoms with Gasteiger partial charge in [-0.3, -0.25) is 9.11 Å². The number of rotatable bonds is 0. The fourth-order valence-electron chi connectivity index (χ4n) is 9.23. The predicted octanol–water partition coefficient (Wildman–Crippen LogP) is 10.1. The van der Waals surface area contributed by atoms with Crippen molar-refractivity contribution in [2.24, 2.45) is 30.0 Å². The van der Waals surface area contributed by atoms with E-state index < -0.39 is 11.0 Å². The largest absolute Gasteiger partial charge is 0.264 e.